The third-order valence-electron chi connectivity index (χ3n) is 12.2. The average Bonchev–Trinajstić information content (AvgIpc) is 3.56. The number of aromatic carboxylic acids is 3. The Morgan fingerprint density at radius 1 is 0.349 bits per heavy atom. The van der Waals surface area contributed by atoms with Crippen molar-refractivity contribution in [2.45, 2.75) is 38.5 Å². The highest BCUT2D eigenvalue weighted by atomic mass is 16.5. The largest absolute Gasteiger partial charge is 0.507 e. The number of carboxylic acids is 3. The highest BCUT2D eigenvalue weighted by Gasteiger charge is 2.17. The monoisotopic (exact) mass is 1120 g/mol. The first-order chi connectivity index (χ1) is 40.0. The van der Waals surface area contributed by atoms with E-state index < -0.39 is 53.1 Å². The van der Waals surface area contributed by atoms with Crippen LogP contribution in [0.25, 0.3) is 12.2 Å². The summed E-state index contributed by atoms with van der Waals surface area (Å²) >= 11 is 0. The molecule has 6 N–H and O–H groups in total. The zero-order valence-corrected chi connectivity index (χ0v) is 43.6. The lowest BCUT2D eigenvalue weighted by Crippen LogP contribution is -2.11. The van der Waals surface area contributed by atoms with E-state index in [2.05, 4.69) is 30.7 Å². The van der Waals surface area contributed by atoms with E-state index >= 15 is 0 Å². The number of hydrogen-bond donors (Lipinski definition) is 6. The number of azo groups is 3. The minimum Gasteiger partial charge on any atom is -0.507 e. The molecule has 0 aromatic heterocycles. The van der Waals surface area contributed by atoms with Gasteiger partial charge in [0.25, 0.3) is 0 Å². The normalized spacial score (nSPS) is 11.3. The molecule has 0 heterocycles. The lowest BCUT2D eigenvalue weighted by Gasteiger charge is -2.11. The van der Waals surface area contributed by atoms with Crippen LogP contribution in [0.1, 0.15) is 78.2 Å². The van der Waals surface area contributed by atoms with E-state index in [0.29, 0.717) is 44.9 Å². The molecule has 8 aromatic rings. The summed E-state index contributed by atoms with van der Waals surface area (Å²) in [4.78, 5) is 74.4. The summed E-state index contributed by atoms with van der Waals surface area (Å²) in [6.45, 7) is 0. The molecule has 0 spiro atoms. The fourth-order valence-corrected chi connectivity index (χ4v) is 7.97. The van der Waals surface area contributed by atoms with Gasteiger partial charge in [-0.05, 0) is 144 Å². The molecule has 0 amide bonds. The van der Waals surface area contributed by atoms with E-state index in [1.54, 1.807) is 121 Å². The molecule has 0 atom stereocenters. The maximum absolute atomic E-state index is 13.5. The Balaban J connectivity index is 0.936. The molecule has 0 aliphatic carbocycles. The van der Waals surface area contributed by atoms with E-state index in [0.717, 1.165) is 0 Å². The number of nitrogens with zero attached hydrogens (tertiary/aromatic N) is 6. The number of rotatable bonds is 23. The lowest BCUT2D eigenvalue weighted by molar-refractivity contribution is -0.135. The molecule has 0 unspecified atom stereocenters. The van der Waals surface area contributed by atoms with Gasteiger partial charge in [0.2, 0.25) is 0 Å². The zero-order valence-electron chi connectivity index (χ0n) is 43.6. The number of aromatic hydroxyl groups is 3. The molecule has 21 nitrogen and oxygen atoms in total. The molecule has 0 radical (unpaired) electrons. The number of carboxylic acid groups (broad SMARTS) is 3. The number of carbonyl (C=O) groups is 6. The number of aryl methyl sites for hydroxylation is 3. The number of esters is 3. The van der Waals surface area contributed by atoms with Crippen LogP contribution in [0.4, 0.5) is 34.1 Å². The molecule has 0 saturated carbocycles. The van der Waals surface area contributed by atoms with Gasteiger partial charge in [0.05, 0.1) is 53.4 Å². The fourth-order valence-electron chi connectivity index (χ4n) is 7.97. The SMILES string of the molecule is O=C(CCc1ccccc1N=Nc1ccc(O)c(C(=O)O)c1)Oc1ccc(/C=C/c2cc(OC(=O)CCc3ccccc3N=Nc3ccc(O)c(C(=O)O)c3)cc(OC(=O)CCc3ccccc3N=Nc3ccc(O)c(C(=O)O)c3)c2)cc1. The van der Waals surface area contributed by atoms with Crippen LogP contribution < -0.4 is 14.2 Å². The summed E-state index contributed by atoms with van der Waals surface area (Å²) in [5.41, 5.74) is 3.92. The fraction of sp³-hybridized carbons (Fsp3) is 0.0968. The van der Waals surface area contributed by atoms with Crippen molar-refractivity contribution in [1.82, 2.24) is 0 Å². The van der Waals surface area contributed by atoms with Crippen LogP contribution in [-0.4, -0.2) is 66.5 Å². The third kappa shape index (κ3) is 16.5. The van der Waals surface area contributed by atoms with Gasteiger partial charge in [0.1, 0.15) is 51.2 Å². The number of carbonyl (C=O) groups excluding carboxylic acids is 3. The van der Waals surface area contributed by atoms with Crippen molar-refractivity contribution in [3.05, 3.63) is 214 Å². The van der Waals surface area contributed by atoms with Crippen molar-refractivity contribution in [3.8, 4) is 34.5 Å². The van der Waals surface area contributed by atoms with Crippen LogP contribution in [0.15, 0.2) is 201 Å². The van der Waals surface area contributed by atoms with Crippen molar-refractivity contribution in [2.75, 3.05) is 0 Å². The lowest BCUT2D eigenvalue weighted by atomic mass is 10.1. The molecule has 21 heteroatoms. The van der Waals surface area contributed by atoms with Gasteiger partial charge in [-0.2, -0.15) is 30.7 Å². The second-order valence-electron chi connectivity index (χ2n) is 18.1. The molecular formula is C62H48N6O15. The van der Waals surface area contributed by atoms with Gasteiger partial charge in [-0.1, -0.05) is 78.9 Å². The van der Waals surface area contributed by atoms with Crippen molar-refractivity contribution >= 4 is 82.1 Å². The Morgan fingerprint density at radius 2 is 0.675 bits per heavy atom. The van der Waals surface area contributed by atoms with Gasteiger partial charge in [-0.25, -0.2) is 14.4 Å². The Morgan fingerprint density at radius 3 is 1.02 bits per heavy atom. The van der Waals surface area contributed by atoms with Gasteiger partial charge in [0.15, 0.2) is 0 Å². The Bertz CT molecular complexity index is 3740. The minimum atomic E-state index is -1.34. The van der Waals surface area contributed by atoms with Gasteiger partial charge in [-0.15, -0.1) is 0 Å². The first-order valence-corrected chi connectivity index (χ1v) is 25.3. The van der Waals surface area contributed by atoms with Crippen LogP contribution in [-0.2, 0) is 33.6 Å². The summed E-state index contributed by atoms with van der Waals surface area (Å²) < 4.78 is 17.2. The highest BCUT2D eigenvalue weighted by molar-refractivity contribution is 5.93. The van der Waals surface area contributed by atoms with Crippen LogP contribution >= 0.6 is 0 Å². The first-order valence-electron chi connectivity index (χ1n) is 25.3. The molecule has 416 valence electrons. The predicted molar refractivity (Wildman–Crippen MR) is 301 cm³/mol. The second kappa shape index (κ2) is 27.4. The summed E-state index contributed by atoms with van der Waals surface area (Å²) in [5.74, 6) is -6.65. The van der Waals surface area contributed by atoms with E-state index in [9.17, 15) is 59.4 Å². The van der Waals surface area contributed by atoms with Crippen molar-refractivity contribution < 1.29 is 73.6 Å². The Hall–Kier alpha value is -11.5. The maximum Gasteiger partial charge on any atom is 0.339 e. The average molecular weight is 1120 g/mol. The molecule has 8 rings (SSSR count). The standard InChI is InChI=1S/C62H48N6O15/c69-54-25-20-42(33-48(54)60(75)76)63-66-51-10-4-1-7-39(51)17-28-57(72)81-45-23-15-37(16-24-45)13-14-38-31-46(82-58(73)29-18-40-8-2-5-11-52(40)67-64-43-21-26-55(70)49(34-43)61(77)78)36-47(32-38)83-59(74)30-19-41-9-3-6-12-53(41)68-65-44-22-27-56(71)50(35-44)62(79)80/h1-16,20-27,31-36,69-71H,17-19,28-30H2,(H,75,76)(H,77,78)(H,79,80)/b14-13+,66-63?,67-64?,68-65?. The van der Waals surface area contributed by atoms with E-state index in [1.165, 1.54) is 60.7 Å². The van der Waals surface area contributed by atoms with Gasteiger partial charge in [0, 0.05) is 6.07 Å². The number of phenols is 3. The highest BCUT2D eigenvalue weighted by Crippen LogP contribution is 2.32. The number of ether oxygens (including phenoxy) is 3. The zero-order chi connectivity index (χ0) is 58.8. The molecule has 0 fully saturated rings. The molecule has 83 heavy (non-hydrogen) atoms. The van der Waals surface area contributed by atoms with Gasteiger partial charge < -0.3 is 44.8 Å². The molecule has 0 aliphatic rings. The van der Waals surface area contributed by atoms with Crippen LogP contribution in [0.5, 0.6) is 34.5 Å². The van der Waals surface area contributed by atoms with Crippen molar-refractivity contribution in [3.63, 3.8) is 0 Å². The van der Waals surface area contributed by atoms with Crippen molar-refractivity contribution in [2.24, 2.45) is 30.7 Å². The smallest absolute Gasteiger partial charge is 0.339 e. The first kappa shape index (κ1) is 57.7. The summed E-state index contributed by atoms with van der Waals surface area (Å²) in [6.07, 6.45) is 3.77. The summed E-state index contributed by atoms with van der Waals surface area (Å²) in [7, 11) is 0. The topological polar surface area (TPSA) is 326 Å². The van der Waals surface area contributed by atoms with E-state index in [-0.39, 0.29) is 89.5 Å². The molecule has 8 aromatic carbocycles. The number of hydrogen-bond acceptors (Lipinski definition) is 18. The van der Waals surface area contributed by atoms with Crippen LogP contribution in [0.3, 0.4) is 0 Å². The van der Waals surface area contributed by atoms with Gasteiger partial charge >= 0.3 is 35.8 Å². The molecule has 0 saturated heterocycles. The predicted octanol–water partition coefficient (Wildman–Crippen LogP) is 13.9. The summed E-state index contributed by atoms with van der Waals surface area (Å²) in [6, 6.07) is 43.3. The Labute approximate surface area is 472 Å². The maximum atomic E-state index is 13.5. The van der Waals surface area contributed by atoms with Crippen LogP contribution in [0.2, 0.25) is 0 Å². The number of benzene rings is 8. The third-order valence-corrected chi connectivity index (χ3v) is 12.2. The molecule has 0 aliphatic heterocycles. The van der Waals surface area contributed by atoms with Crippen molar-refractivity contribution in [1.29, 1.82) is 0 Å². The minimum absolute atomic E-state index is 0.0103. The van der Waals surface area contributed by atoms with E-state index in [1.807, 2.05) is 0 Å². The quantitative estimate of drug-likeness (QED) is 0.0150. The Kier molecular flexibility index (Phi) is 19.0. The second-order valence-corrected chi connectivity index (χ2v) is 18.1. The van der Waals surface area contributed by atoms with E-state index in [4.69, 9.17) is 14.2 Å². The van der Waals surface area contributed by atoms with Crippen LogP contribution in [0, 0.1) is 0 Å². The molecule has 0 bridgehead atoms. The summed E-state index contributed by atoms with van der Waals surface area (Å²) in [5, 5.41) is 82.8. The van der Waals surface area contributed by atoms with Gasteiger partial charge in [-0.3, -0.25) is 14.4 Å². The molecular weight excluding hydrogens is 1070 g/mol.